The lowest BCUT2D eigenvalue weighted by molar-refractivity contribution is 0.102. The van der Waals surface area contributed by atoms with Crippen LogP contribution in [0.15, 0.2) is 52.6 Å². The Balaban J connectivity index is 2.01. The number of fused-ring (bicyclic) bond motifs is 1. The maximum absolute atomic E-state index is 12.7. The number of aromatic nitrogens is 2. The molecule has 0 spiro atoms. The number of hydrogen-bond donors (Lipinski definition) is 1. The quantitative estimate of drug-likeness (QED) is 0.685. The third-order valence-corrected chi connectivity index (χ3v) is 5.62. The first-order chi connectivity index (χ1) is 11.8. The van der Waals surface area contributed by atoms with Crippen molar-refractivity contribution in [2.45, 2.75) is 10.1 Å². The van der Waals surface area contributed by atoms with Crippen molar-refractivity contribution in [1.29, 1.82) is 0 Å². The number of thioether (sulfide) groups is 1. The summed E-state index contributed by atoms with van der Waals surface area (Å²) in [5.74, 6) is -0.462. The molecular weight excluding hydrogens is 382 g/mol. The van der Waals surface area contributed by atoms with E-state index in [-0.39, 0.29) is 21.3 Å². The van der Waals surface area contributed by atoms with Gasteiger partial charge in [-0.25, -0.2) is 13.4 Å². The average molecular weight is 396 g/mol. The summed E-state index contributed by atoms with van der Waals surface area (Å²) in [6.07, 6.45) is 4.79. The van der Waals surface area contributed by atoms with Gasteiger partial charge in [0.05, 0.1) is 21.1 Å². The van der Waals surface area contributed by atoms with E-state index in [1.807, 2.05) is 29.0 Å². The number of anilines is 1. The molecule has 1 aromatic carbocycles. The van der Waals surface area contributed by atoms with Gasteiger partial charge < -0.3 is 5.32 Å². The smallest absolute Gasteiger partial charge is 0.276 e. The maximum atomic E-state index is 12.7. The monoisotopic (exact) mass is 395 g/mol. The van der Waals surface area contributed by atoms with Crippen molar-refractivity contribution in [2.24, 2.45) is 0 Å². The van der Waals surface area contributed by atoms with E-state index in [0.29, 0.717) is 10.7 Å². The molecule has 1 N–H and O–H groups in total. The molecule has 0 aliphatic rings. The standard InChI is InChI=1S/C16H14ClN3O3S2/c1-24-16-19-14(13-5-3-4-8-20(13)16)15(21)18-12-9-10(25(2,22)23)6-7-11(12)17/h3-9H,1-2H3,(H,18,21). The average Bonchev–Trinajstić information content (AvgIpc) is 2.95. The number of benzene rings is 1. The van der Waals surface area contributed by atoms with Crippen molar-refractivity contribution in [3.05, 3.63) is 53.3 Å². The lowest BCUT2D eigenvalue weighted by atomic mass is 10.3. The Morgan fingerprint density at radius 2 is 2.04 bits per heavy atom. The van der Waals surface area contributed by atoms with Crippen LogP contribution in [-0.2, 0) is 9.84 Å². The van der Waals surface area contributed by atoms with Crippen LogP contribution < -0.4 is 5.32 Å². The molecule has 0 aliphatic heterocycles. The summed E-state index contributed by atoms with van der Waals surface area (Å²) >= 11 is 7.51. The molecule has 25 heavy (non-hydrogen) atoms. The number of hydrogen-bond acceptors (Lipinski definition) is 5. The molecule has 0 saturated heterocycles. The van der Waals surface area contributed by atoms with Gasteiger partial charge in [-0.2, -0.15) is 0 Å². The van der Waals surface area contributed by atoms with Crippen LogP contribution in [0.5, 0.6) is 0 Å². The normalized spacial score (nSPS) is 11.6. The van der Waals surface area contributed by atoms with E-state index < -0.39 is 15.7 Å². The second-order valence-electron chi connectivity index (χ2n) is 5.27. The van der Waals surface area contributed by atoms with Gasteiger partial charge in [-0.1, -0.05) is 29.4 Å². The highest BCUT2D eigenvalue weighted by Gasteiger charge is 2.19. The number of sulfone groups is 1. The van der Waals surface area contributed by atoms with Crippen LogP contribution in [0.4, 0.5) is 5.69 Å². The number of imidazole rings is 1. The number of halogens is 1. The molecule has 3 aromatic rings. The second-order valence-corrected chi connectivity index (χ2v) is 8.47. The molecule has 0 unspecified atom stereocenters. The van der Waals surface area contributed by atoms with E-state index >= 15 is 0 Å². The summed E-state index contributed by atoms with van der Waals surface area (Å²) in [4.78, 5) is 17.1. The minimum absolute atomic E-state index is 0.0756. The predicted octanol–water partition coefficient (Wildman–Crippen LogP) is 3.37. The number of nitrogens with one attached hydrogen (secondary N) is 1. The largest absolute Gasteiger partial charge is 0.319 e. The zero-order chi connectivity index (χ0) is 18.2. The first kappa shape index (κ1) is 17.8. The Morgan fingerprint density at radius 3 is 2.72 bits per heavy atom. The Kier molecular flexibility index (Phi) is 4.77. The van der Waals surface area contributed by atoms with E-state index in [1.165, 1.54) is 30.0 Å². The van der Waals surface area contributed by atoms with Gasteiger partial charge in [0, 0.05) is 12.5 Å². The fraction of sp³-hybridized carbons (Fsp3) is 0.125. The van der Waals surface area contributed by atoms with Crippen LogP contribution in [0.2, 0.25) is 5.02 Å². The molecule has 2 aromatic heterocycles. The van der Waals surface area contributed by atoms with E-state index in [4.69, 9.17) is 11.6 Å². The highest BCUT2D eigenvalue weighted by molar-refractivity contribution is 7.98. The molecule has 9 heteroatoms. The molecule has 0 atom stereocenters. The lowest BCUT2D eigenvalue weighted by Gasteiger charge is -2.08. The van der Waals surface area contributed by atoms with Crippen LogP contribution in [0, 0.1) is 0 Å². The van der Waals surface area contributed by atoms with Crippen molar-refractivity contribution in [2.75, 3.05) is 17.8 Å². The molecule has 130 valence electrons. The van der Waals surface area contributed by atoms with Crippen molar-refractivity contribution in [1.82, 2.24) is 9.38 Å². The van der Waals surface area contributed by atoms with Crippen LogP contribution in [-0.4, -0.2) is 36.2 Å². The molecule has 0 fully saturated rings. The van der Waals surface area contributed by atoms with Crippen LogP contribution in [0.25, 0.3) is 5.52 Å². The van der Waals surface area contributed by atoms with Crippen molar-refractivity contribution in [3.63, 3.8) is 0 Å². The zero-order valence-corrected chi connectivity index (χ0v) is 15.7. The molecule has 2 heterocycles. The molecule has 0 bridgehead atoms. The molecule has 1 amide bonds. The molecular formula is C16H14ClN3O3S2. The fourth-order valence-corrected chi connectivity index (χ4v) is 3.68. The summed E-state index contributed by atoms with van der Waals surface area (Å²) in [6, 6.07) is 9.62. The summed E-state index contributed by atoms with van der Waals surface area (Å²) in [7, 11) is -3.41. The Bertz CT molecular complexity index is 1080. The summed E-state index contributed by atoms with van der Waals surface area (Å²) in [6.45, 7) is 0. The van der Waals surface area contributed by atoms with Gasteiger partial charge >= 0.3 is 0 Å². The number of amides is 1. The van der Waals surface area contributed by atoms with E-state index in [1.54, 1.807) is 6.07 Å². The molecule has 0 saturated carbocycles. The van der Waals surface area contributed by atoms with E-state index in [2.05, 4.69) is 10.3 Å². The second kappa shape index (κ2) is 6.70. The van der Waals surface area contributed by atoms with Crippen molar-refractivity contribution >= 4 is 50.3 Å². The topological polar surface area (TPSA) is 80.5 Å². The number of carbonyl (C=O) groups excluding carboxylic acids is 1. The molecule has 0 radical (unpaired) electrons. The first-order valence-corrected chi connectivity index (χ1v) is 10.6. The summed E-state index contributed by atoms with van der Waals surface area (Å²) in [5, 5.41) is 3.57. The lowest BCUT2D eigenvalue weighted by Crippen LogP contribution is -2.13. The predicted molar refractivity (Wildman–Crippen MR) is 99.5 cm³/mol. The number of carbonyl (C=O) groups is 1. The summed E-state index contributed by atoms with van der Waals surface area (Å²) in [5.41, 5.74) is 1.11. The third kappa shape index (κ3) is 3.51. The van der Waals surface area contributed by atoms with Gasteiger partial charge in [-0.05, 0) is 36.6 Å². The van der Waals surface area contributed by atoms with Gasteiger partial charge in [0.1, 0.15) is 0 Å². The van der Waals surface area contributed by atoms with E-state index in [0.717, 1.165) is 6.26 Å². The molecule has 6 nitrogen and oxygen atoms in total. The Morgan fingerprint density at radius 1 is 1.28 bits per heavy atom. The van der Waals surface area contributed by atoms with Crippen LogP contribution >= 0.6 is 23.4 Å². The fourth-order valence-electron chi connectivity index (χ4n) is 2.33. The molecule has 0 aliphatic carbocycles. The number of rotatable bonds is 4. The number of pyridine rings is 1. The highest BCUT2D eigenvalue weighted by Crippen LogP contribution is 2.27. The minimum Gasteiger partial charge on any atom is -0.319 e. The first-order valence-electron chi connectivity index (χ1n) is 7.13. The third-order valence-electron chi connectivity index (χ3n) is 3.53. The SMILES string of the molecule is CSc1nc(C(=O)Nc2cc(S(C)(=O)=O)ccc2Cl)c2ccccn12. The van der Waals surface area contributed by atoms with Crippen LogP contribution in [0.1, 0.15) is 10.5 Å². The van der Waals surface area contributed by atoms with E-state index in [9.17, 15) is 13.2 Å². The Hall–Kier alpha value is -2.03. The zero-order valence-electron chi connectivity index (χ0n) is 13.4. The minimum atomic E-state index is -3.41. The van der Waals surface area contributed by atoms with Crippen molar-refractivity contribution < 1.29 is 13.2 Å². The van der Waals surface area contributed by atoms with Gasteiger partial charge in [0.2, 0.25) is 0 Å². The number of nitrogens with zero attached hydrogens (tertiary/aromatic N) is 2. The maximum Gasteiger partial charge on any atom is 0.276 e. The van der Waals surface area contributed by atoms with Gasteiger partial charge in [0.25, 0.3) is 5.91 Å². The van der Waals surface area contributed by atoms with Crippen molar-refractivity contribution in [3.8, 4) is 0 Å². The Labute approximate surface area is 154 Å². The molecule has 3 rings (SSSR count). The summed E-state index contributed by atoms with van der Waals surface area (Å²) < 4.78 is 25.2. The highest BCUT2D eigenvalue weighted by atomic mass is 35.5. The van der Waals surface area contributed by atoms with Gasteiger partial charge in [-0.3, -0.25) is 9.20 Å². The van der Waals surface area contributed by atoms with Gasteiger partial charge in [0.15, 0.2) is 20.7 Å². The van der Waals surface area contributed by atoms with Gasteiger partial charge in [-0.15, -0.1) is 0 Å². The van der Waals surface area contributed by atoms with Crippen LogP contribution in [0.3, 0.4) is 0 Å².